The molecule has 5 nitrogen and oxygen atoms in total. The molecule has 3 rings (SSSR count). The van der Waals surface area contributed by atoms with Gasteiger partial charge in [0.25, 0.3) is 0 Å². The van der Waals surface area contributed by atoms with Crippen molar-refractivity contribution in [1.29, 1.82) is 0 Å². The fourth-order valence-electron chi connectivity index (χ4n) is 2.83. The number of benzene rings is 1. The van der Waals surface area contributed by atoms with Crippen molar-refractivity contribution >= 4 is 22.5 Å². The summed E-state index contributed by atoms with van der Waals surface area (Å²) >= 11 is 0. The minimum absolute atomic E-state index is 0.0434. The molecule has 0 radical (unpaired) electrons. The summed E-state index contributed by atoms with van der Waals surface area (Å²) in [6.07, 6.45) is 0.865. The smallest absolute Gasteiger partial charge is 0.224 e. The monoisotopic (exact) mass is 270 g/mol. The van der Waals surface area contributed by atoms with Gasteiger partial charge in [0.05, 0.1) is 11.6 Å². The van der Waals surface area contributed by atoms with E-state index in [2.05, 4.69) is 32.5 Å². The fourth-order valence-corrected chi connectivity index (χ4v) is 2.83. The molecule has 1 fully saturated rings. The molecule has 2 aromatic rings. The van der Waals surface area contributed by atoms with Crippen molar-refractivity contribution in [3.05, 3.63) is 30.0 Å². The molecule has 0 spiro atoms. The predicted molar refractivity (Wildman–Crippen MR) is 78.7 cm³/mol. The van der Waals surface area contributed by atoms with Crippen LogP contribution in [0.4, 0.5) is 5.82 Å². The lowest BCUT2D eigenvalue weighted by Gasteiger charge is -2.19. The molecular formula is C15H18N4O. The summed E-state index contributed by atoms with van der Waals surface area (Å²) in [5.74, 6) is 1.04. The van der Waals surface area contributed by atoms with Gasteiger partial charge in [-0.15, -0.1) is 5.10 Å². The number of aromatic nitrogens is 2. The third kappa shape index (κ3) is 2.09. The normalized spacial score (nSPS) is 18.5. The first kappa shape index (κ1) is 12.8. The molecule has 0 bridgehead atoms. The van der Waals surface area contributed by atoms with E-state index < -0.39 is 0 Å². The van der Waals surface area contributed by atoms with Crippen LogP contribution in [-0.4, -0.2) is 36.2 Å². The highest BCUT2D eigenvalue weighted by atomic mass is 16.1. The van der Waals surface area contributed by atoms with Crippen molar-refractivity contribution in [3.63, 3.8) is 0 Å². The van der Waals surface area contributed by atoms with Gasteiger partial charge < -0.3 is 10.2 Å². The fraction of sp³-hybridized carbons (Fsp3) is 0.400. The topological polar surface area (TPSA) is 58.1 Å². The minimum Gasteiger partial charge on any atom is -0.359 e. The van der Waals surface area contributed by atoms with Gasteiger partial charge in [0.1, 0.15) is 0 Å². The Balaban J connectivity index is 1.96. The van der Waals surface area contributed by atoms with Crippen LogP contribution in [0.3, 0.4) is 0 Å². The van der Waals surface area contributed by atoms with Crippen LogP contribution in [-0.2, 0) is 4.79 Å². The lowest BCUT2D eigenvalue weighted by atomic mass is 10.1. The van der Waals surface area contributed by atoms with Gasteiger partial charge in [0.2, 0.25) is 5.91 Å². The Kier molecular flexibility index (Phi) is 3.26. The Labute approximate surface area is 118 Å². The molecule has 0 saturated carbocycles. The van der Waals surface area contributed by atoms with Crippen LogP contribution in [0.5, 0.6) is 0 Å². The zero-order valence-corrected chi connectivity index (χ0v) is 11.8. The molecule has 1 aliphatic rings. The average molecular weight is 270 g/mol. The molecule has 20 heavy (non-hydrogen) atoms. The summed E-state index contributed by atoms with van der Waals surface area (Å²) in [6.45, 7) is 3.53. The molecule has 2 heterocycles. The van der Waals surface area contributed by atoms with Crippen molar-refractivity contribution < 1.29 is 4.79 Å². The summed E-state index contributed by atoms with van der Waals surface area (Å²) in [5, 5.41) is 13.6. The average Bonchev–Trinajstić information content (AvgIpc) is 2.97. The Morgan fingerprint density at radius 1 is 1.30 bits per heavy atom. The van der Waals surface area contributed by atoms with E-state index >= 15 is 0 Å². The van der Waals surface area contributed by atoms with Crippen molar-refractivity contribution in [2.24, 2.45) is 5.92 Å². The highest BCUT2D eigenvalue weighted by molar-refractivity contribution is 5.93. The highest BCUT2D eigenvalue weighted by Crippen LogP contribution is 2.29. The van der Waals surface area contributed by atoms with Gasteiger partial charge >= 0.3 is 0 Å². The maximum absolute atomic E-state index is 11.7. The van der Waals surface area contributed by atoms with E-state index in [9.17, 15) is 4.79 Å². The number of anilines is 1. The molecule has 1 unspecified atom stereocenters. The molecule has 104 valence electrons. The number of fused-ring (bicyclic) bond motifs is 1. The SMILES string of the molecule is CNC(=O)C1CCN(c2nnc(C)c3ccccc23)C1. The number of carbonyl (C=O) groups is 1. The van der Waals surface area contributed by atoms with E-state index in [1.54, 1.807) is 7.05 Å². The predicted octanol–water partition coefficient (Wildman–Crippen LogP) is 1.51. The lowest BCUT2D eigenvalue weighted by molar-refractivity contribution is -0.123. The summed E-state index contributed by atoms with van der Waals surface area (Å²) in [6, 6.07) is 8.16. The highest BCUT2D eigenvalue weighted by Gasteiger charge is 2.29. The summed E-state index contributed by atoms with van der Waals surface area (Å²) < 4.78 is 0. The second-order valence-electron chi connectivity index (χ2n) is 5.20. The number of hydrogen-bond acceptors (Lipinski definition) is 4. The van der Waals surface area contributed by atoms with Crippen LogP contribution in [0.25, 0.3) is 10.8 Å². The molecule has 1 aromatic heterocycles. The summed E-state index contributed by atoms with van der Waals surface area (Å²) in [4.78, 5) is 13.9. The number of nitrogens with zero attached hydrogens (tertiary/aromatic N) is 3. The molecule has 1 saturated heterocycles. The van der Waals surface area contributed by atoms with Crippen molar-refractivity contribution in [1.82, 2.24) is 15.5 Å². The summed E-state index contributed by atoms with van der Waals surface area (Å²) in [7, 11) is 1.69. The molecule has 1 aliphatic heterocycles. The number of carbonyl (C=O) groups excluding carboxylic acids is 1. The Hall–Kier alpha value is -2.17. The standard InChI is InChI=1S/C15H18N4O/c1-10-12-5-3-4-6-13(12)14(18-17-10)19-8-7-11(9-19)15(20)16-2/h3-6,11H,7-9H2,1-2H3,(H,16,20). The Morgan fingerprint density at radius 2 is 2.05 bits per heavy atom. The first-order valence-electron chi connectivity index (χ1n) is 6.89. The van der Waals surface area contributed by atoms with Gasteiger partial charge in [-0.1, -0.05) is 24.3 Å². The maximum Gasteiger partial charge on any atom is 0.224 e. The largest absolute Gasteiger partial charge is 0.359 e. The maximum atomic E-state index is 11.7. The third-order valence-electron chi connectivity index (χ3n) is 3.96. The van der Waals surface area contributed by atoms with E-state index in [1.807, 2.05) is 19.1 Å². The van der Waals surface area contributed by atoms with Crippen molar-refractivity contribution in [2.45, 2.75) is 13.3 Å². The molecule has 0 aliphatic carbocycles. The number of nitrogens with one attached hydrogen (secondary N) is 1. The third-order valence-corrected chi connectivity index (χ3v) is 3.96. The van der Waals surface area contributed by atoms with Crippen LogP contribution in [0.2, 0.25) is 0 Å². The van der Waals surface area contributed by atoms with Gasteiger partial charge in [-0.05, 0) is 13.3 Å². The van der Waals surface area contributed by atoms with E-state index in [1.165, 1.54) is 0 Å². The van der Waals surface area contributed by atoms with Gasteiger partial charge in [-0.25, -0.2) is 0 Å². The Morgan fingerprint density at radius 3 is 2.80 bits per heavy atom. The number of aryl methyl sites for hydroxylation is 1. The van der Waals surface area contributed by atoms with Gasteiger partial charge in [-0.2, -0.15) is 5.10 Å². The molecule has 1 aromatic carbocycles. The Bertz CT molecular complexity index is 655. The first-order chi connectivity index (χ1) is 9.70. The van der Waals surface area contributed by atoms with Crippen LogP contribution in [0.15, 0.2) is 24.3 Å². The van der Waals surface area contributed by atoms with E-state index in [0.29, 0.717) is 6.54 Å². The second-order valence-corrected chi connectivity index (χ2v) is 5.20. The number of rotatable bonds is 2. The number of hydrogen-bond donors (Lipinski definition) is 1. The molecule has 1 atom stereocenters. The van der Waals surface area contributed by atoms with E-state index in [-0.39, 0.29) is 11.8 Å². The zero-order valence-electron chi connectivity index (χ0n) is 11.8. The van der Waals surface area contributed by atoms with Crippen LogP contribution in [0.1, 0.15) is 12.1 Å². The lowest BCUT2D eigenvalue weighted by Crippen LogP contribution is -2.30. The first-order valence-corrected chi connectivity index (χ1v) is 6.89. The van der Waals surface area contributed by atoms with Crippen molar-refractivity contribution in [2.75, 3.05) is 25.0 Å². The molecule has 5 heteroatoms. The zero-order chi connectivity index (χ0) is 14.1. The molecule has 1 amide bonds. The summed E-state index contributed by atoms with van der Waals surface area (Å²) in [5.41, 5.74) is 0.936. The van der Waals surface area contributed by atoms with Crippen LogP contribution < -0.4 is 10.2 Å². The van der Waals surface area contributed by atoms with Crippen molar-refractivity contribution in [3.8, 4) is 0 Å². The second kappa shape index (κ2) is 5.07. The van der Waals surface area contributed by atoms with E-state index in [4.69, 9.17) is 0 Å². The van der Waals surface area contributed by atoms with Crippen LogP contribution in [0, 0.1) is 12.8 Å². The molecule has 1 N–H and O–H groups in total. The van der Waals surface area contributed by atoms with E-state index in [0.717, 1.165) is 35.2 Å². The van der Waals surface area contributed by atoms with Gasteiger partial charge in [0, 0.05) is 30.9 Å². The quantitative estimate of drug-likeness (QED) is 0.898. The number of amides is 1. The van der Waals surface area contributed by atoms with Gasteiger partial charge in [-0.3, -0.25) is 4.79 Å². The van der Waals surface area contributed by atoms with Gasteiger partial charge in [0.15, 0.2) is 5.82 Å². The molecular weight excluding hydrogens is 252 g/mol. The van der Waals surface area contributed by atoms with Crippen LogP contribution >= 0.6 is 0 Å². The minimum atomic E-state index is 0.0434.